The number of nitrogen functional groups attached to an aromatic ring is 1. The van der Waals surface area contributed by atoms with Crippen molar-refractivity contribution in [2.45, 2.75) is 33.4 Å². The summed E-state index contributed by atoms with van der Waals surface area (Å²) in [6.45, 7) is 5.42. The largest absolute Gasteiger partial charge is 0.383 e. The minimum Gasteiger partial charge on any atom is -0.383 e. The van der Waals surface area contributed by atoms with E-state index in [2.05, 4.69) is 18.8 Å². The summed E-state index contributed by atoms with van der Waals surface area (Å²) in [5.41, 5.74) is 13.1. The van der Waals surface area contributed by atoms with Gasteiger partial charge in [-0.25, -0.2) is 4.79 Å². The van der Waals surface area contributed by atoms with Gasteiger partial charge in [-0.15, -0.1) is 0 Å². The summed E-state index contributed by atoms with van der Waals surface area (Å²) in [5, 5.41) is 0. The Morgan fingerprint density at radius 2 is 1.69 bits per heavy atom. The van der Waals surface area contributed by atoms with Crippen molar-refractivity contribution in [3.8, 4) is 0 Å². The van der Waals surface area contributed by atoms with Crippen LogP contribution >= 0.6 is 0 Å². The van der Waals surface area contributed by atoms with E-state index >= 15 is 0 Å². The van der Waals surface area contributed by atoms with E-state index in [-0.39, 0.29) is 18.1 Å². The third-order valence-electron chi connectivity index (χ3n) is 5.30. The van der Waals surface area contributed by atoms with Crippen LogP contribution in [0.1, 0.15) is 41.8 Å². The molecule has 0 aliphatic heterocycles. The Morgan fingerprint density at radius 3 is 2.28 bits per heavy atom. The molecule has 5 N–H and O–H groups in total. The second-order valence-corrected chi connectivity index (χ2v) is 8.23. The van der Waals surface area contributed by atoms with Crippen LogP contribution in [0.4, 0.5) is 11.5 Å². The fraction of sp³-hybridized carbons (Fsp3) is 0.292. The first kappa shape index (κ1) is 22.9. The number of H-pyrrole nitrogens is 1. The van der Waals surface area contributed by atoms with E-state index in [9.17, 15) is 14.4 Å². The molecular formula is C24H29N5O3. The predicted octanol–water partition coefficient (Wildman–Crippen LogP) is 2.32. The number of nitrogens with one attached hydrogen (secondary N) is 1. The average Bonchev–Trinajstić information content (AvgIpc) is 2.75. The lowest BCUT2D eigenvalue weighted by Gasteiger charge is -2.27. The molecular weight excluding hydrogens is 406 g/mol. The number of aromatic amines is 1. The Balaban J connectivity index is 2.01. The van der Waals surface area contributed by atoms with Crippen LogP contribution in [0.3, 0.4) is 0 Å². The van der Waals surface area contributed by atoms with Crippen molar-refractivity contribution < 1.29 is 4.79 Å². The van der Waals surface area contributed by atoms with E-state index in [1.807, 2.05) is 35.2 Å². The summed E-state index contributed by atoms with van der Waals surface area (Å²) in [6, 6.07) is 16.4. The molecule has 3 rings (SSSR count). The van der Waals surface area contributed by atoms with Gasteiger partial charge in [-0.05, 0) is 35.6 Å². The minimum atomic E-state index is -0.547. The number of benzene rings is 2. The zero-order chi connectivity index (χ0) is 23.3. The summed E-state index contributed by atoms with van der Waals surface area (Å²) in [5.74, 6) is 0.0345. The molecule has 2 aromatic carbocycles. The third-order valence-corrected chi connectivity index (χ3v) is 5.30. The maximum atomic E-state index is 12.8. The van der Waals surface area contributed by atoms with Crippen molar-refractivity contribution in [3.63, 3.8) is 0 Å². The Hall–Kier alpha value is -3.81. The van der Waals surface area contributed by atoms with Gasteiger partial charge >= 0.3 is 5.69 Å². The van der Waals surface area contributed by atoms with Crippen LogP contribution in [0.5, 0.6) is 0 Å². The number of carbonyl (C=O) groups excluding carboxylic acids is 1. The zero-order valence-electron chi connectivity index (χ0n) is 18.4. The van der Waals surface area contributed by atoms with Crippen molar-refractivity contribution >= 4 is 17.4 Å². The van der Waals surface area contributed by atoms with Crippen molar-refractivity contribution in [2.75, 3.05) is 17.2 Å². The van der Waals surface area contributed by atoms with Crippen LogP contribution in [0.25, 0.3) is 0 Å². The quantitative estimate of drug-likeness (QED) is 0.475. The second-order valence-electron chi connectivity index (χ2n) is 8.23. The number of aromatic nitrogens is 2. The van der Waals surface area contributed by atoms with Gasteiger partial charge in [-0.2, -0.15) is 0 Å². The molecule has 0 unspecified atom stereocenters. The molecule has 0 spiro atoms. The van der Waals surface area contributed by atoms with Gasteiger partial charge < -0.3 is 16.4 Å². The molecule has 3 aromatic rings. The molecule has 0 saturated carbocycles. The first-order valence-electron chi connectivity index (χ1n) is 10.6. The monoisotopic (exact) mass is 435 g/mol. The lowest BCUT2D eigenvalue weighted by molar-refractivity contribution is 0.100. The van der Waals surface area contributed by atoms with Gasteiger partial charge in [0.1, 0.15) is 11.5 Å². The standard InChI is InChI=1S/C24H29N5O3/c1-16(2)12-13-28(14-18-8-10-19(11-9-18)22(26)30)20-21(25)29(24(32)27-23(20)31)15-17-6-4-3-5-7-17/h3-11,16H,12-15,25H2,1-2H3,(H2,26,30)(H,27,31,32). The number of primary amides is 1. The molecule has 8 nitrogen and oxygen atoms in total. The molecule has 0 atom stereocenters. The van der Waals surface area contributed by atoms with Gasteiger partial charge in [0, 0.05) is 18.7 Å². The predicted molar refractivity (Wildman–Crippen MR) is 127 cm³/mol. The van der Waals surface area contributed by atoms with Crippen LogP contribution in [-0.2, 0) is 13.1 Å². The molecule has 8 heteroatoms. The van der Waals surface area contributed by atoms with Crippen LogP contribution in [-0.4, -0.2) is 22.0 Å². The molecule has 0 radical (unpaired) electrons. The van der Waals surface area contributed by atoms with Gasteiger partial charge in [0.2, 0.25) is 5.91 Å². The summed E-state index contributed by atoms with van der Waals surface area (Å²) in [6.07, 6.45) is 0.829. The van der Waals surface area contributed by atoms with Gasteiger partial charge in [0.25, 0.3) is 5.56 Å². The summed E-state index contributed by atoms with van der Waals surface area (Å²) in [4.78, 5) is 41.0. The van der Waals surface area contributed by atoms with E-state index in [1.54, 1.807) is 24.3 Å². The zero-order valence-corrected chi connectivity index (χ0v) is 18.4. The number of nitrogens with zero attached hydrogens (tertiary/aromatic N) is 2. The number of carbonyl (C=O) groups is 1. The van der Waals surface area contributed by atoms with Crippen LogP contribution < -0.4 is 27.6 Å². The second kappa shape index (κ2) is 10.00. The van der Waals surface area contributed by atoms with Gasteiger partial charge in [-0.3, -0.25) is 19.1 Å². The highest BCUT2D eigenvalue weighted by Gasteiger charge is 2.20. The maximum Gasteiger partial charge on any atom is 0.330 e. The Kier molecular flexibility index (Phi) is 7.14. The number of hydrogen-bond donors (Lipinski definition) is 3. The number of rotatable bonds is 9. The number of hydrogen-bond acceptors (Lipinski definition) is 5. The van der Waals surface area contributed by atoms with Crippen molar-refractivity contribution in [3.05, 3.63) is 92.1 Å². The molecule has 32 heavy (non-hydrogen) atoms. The Labute approximate surface area is 186 Å². The fourth-order valence-electron chi connectivity index (χ4n) is 3.48. The van der Waals surface area contributed by atoms with E-state index in [0.717, 1.165) is 17.5 Å². The Morgan fingerprint density at radius 1 is 1.03 bits per heavy atom. The van der Waals surface area contributed by atoms with E-state index in [4.69, 9.17) is 11.5 Å². The Bertz CT molecular complexity index is 1180. The third kappa shape index (κ3) is 5.46. The molecule has 1 heterocycles. The van der Waals surface area contributed by atoms with Crippen LogP contribution in [0.2, 0.25) is 0 Å². The van der Waals surface area contributed by atoms with E-state index in [0.29, 0.717) is 24.6 Å². The highest BCUT2D eigenvalue weighted by molar-refractivity contribution is 5.92. The van der Waals surface area contributed by atoms with Crippen molar-refractivity contribution in [1.82, 2.24) is 9.55 Å². The van der Waals surface area contributed by atoms with Gasteiger partial charge in [0.15, 0.2) is 0 Å². The lowest BCUT2D eigenvalue weighted by Crippen LogP contribution is -2.39. The van der Waals surface area contributed by atoms with E-state index in [1.165, 1.54) is 4.57 Å². The SMILES string of the molecule is CC(C)CCN(Cc1ccc(C(N)=O)cc1)c1c(N)n(Cc2ccccc2)c(=O)[nH]c1=O. The lowest BCUT2D eigenvalue weighted by atomic mass is 10.1. The summed E-state index contributed by atoms with van der Waals surface area (Å²) < 4.78 is 1.38. The molecule has 0 aliphatic rings. The molecule has 1 amide bonds. The number of nitrogens with two attached hydrogens (primary N) is 2. The minimum absolute atomic E-state index is 0.125. The normalized spacial score (nSPS) is 11.0. The highest BCUT2D eigenvalue weighted by atomic mass is 16.2. The van der Waals surface area contributed by atoms with Crippen molar-refractivity contribution in [2.24, 2.45) is 11.7 Å². The molecule has 0 bridgehead atoms. The number of amides is 1. The van der Waals surface area contributed by atoms with Crippen LogP contribution in [0.15, 0.2) is 64.2 Å². The van der Waals surface area contributed by atoms with Crippen molar-refractivity contribution in [1.29, 1.82) is 0 Å². The summed E-state index contributed by atoms with van der Waals surface area (Å²) in [7, 11) is 0. The van der Waals surface area contributed by atoms with E-state index < -0.39 is 17.2 Å². The fourth-order valence-corrected chi connectivity index (χ4v) is 3.48. The van der Waals surface area contributed by atoms with Crippen LogP contribution in [0, 0.1) is 5.92 Å². The first-order valence-corrected chi connectivity index (χ1v) is 10.6. The average molecular weight is 436 g/mol. The highest BCUT2D eigenvalue weighted by Crippen LogP contribution is 2.21. The van der Waals surface area contributed by atoms with Gasteiger partial charge in [-0.1, -0.05) is 56.3 Å². The van der Waals surface area contributed by atoms with Gasteiger partial charge in [0.05, 0.1) is 6.54 Å². The molecule has 0 aliphatic carbocycles. The molecule has 0 saturated heterocycles. The topological polar surface area (TPSA) is 127 Å². The molecule has 0 fully saturated rings. The summed E-state index contributed by atoms with van der Waals surface area (Å²) >= 11 is 0. The first-order chi connectivity index (χ1) is 15.3. The molecule has 168 valence electrons. The number of anilines is 2. The smallest absolute Gasteiger partial charge is 0.330 e. The maximum absolute atomic E-state index is 12.8. The molecule has 1 aromatic heterocycles.